The number of carbonyl (C=O) groups excluding carboxylic acids is 1. The summed E-state index contributed by atoms with van der Waals surface area (Å²) in [7, 11) is 1.94. The van der Waals surface area contributed by atoms with Gasteiger partial charge in [0.05, 0.1) is 25.5 Å². The van der Waals surface area contributed by atoms with E-state index in [2.05, 4.69) is 16.2 Å². The van der Waals surface area contributed by atoms with Crippen LogP contribution < -0.4 is 0 Å². The van der Waals surface area contributed by atoms with Gasteiger partial charge < -0.3 is 24.6 Å². The highest BCUT2D eigenvalue weighted by Crippen LogP contribution is 2.34. The highest BCUT2D eigenvalue weighted by atomic mass is 19.4. The Bertz CT molecular complexity index is 909. The Labute approximate surface area is 206 Å². The zero-order chi connectivity index (χ0) is 28.0. The molecule has 1 aromatic rings. The van der Waals surface area contributed by atoms with Crippen molar-refractivity contribution in [2.45, 2.75) is 50.0 Å². The lowest BCUT2D eigenvalue weighted by atomic mass is 10.1. The van der Waals surface area contributed by atoms with Crippen LogP contribution in [-0.2, 0) is 37.4 Å². The number of halogens is 6. The number of fused-ring (bicyclic) bond motifs is 1. The predicted molar refractivity (Wildman–Crippen MR) is 110 cm³/mol. The highest BCUT2D eigenvalue weighted by Gasteiger charge is 2.46. The van der Waals surface area contributed by atoms with Crippen LogP contribution in [0.3, 0.4) is 0 Å². The molecule has 17 heteroatoms. The molecule has 0 saturated carbocycles. The molecule has 0 aromatic carbocycles. The van der Waals surface area contributed by atoms with Gasteiger partial charge in [-0.3, -0.25) is 14.4 Å². The maximum absolute atomic E-state index is 12.6. The number of likely N-dealkylation sites (tertiary alicyclic amines) is 1. The SMILES string of the molecule is Cn1cc(CN2CC[C@@H]3O[C@@H](C(=O)N4CCOCC4)C[C@@H]32)cn1.O=C(O)C(F)(F)F.O=C(O)C(F)(F)F. The number of aryl methyl sites for hydroxylation is 1. The Morgan fingerprint density at radius 3 is 2.03 bits per heavy atom. The summed E-state index contributed by atoms with van der Waals surface area (Å²) >= 11 is 0. The summed E-state index contributed by atoms with van der Waals surface area (Å²) in [6, 6.07) is 0.352. The number of rotatable bonds is 3. The van der Waals surface area contributed by atoms with Gasteiger partial charge in [0.25, 0.3) is 5.91 Å². The van der Waals surface area contributed by atoms with Crippen LogP contribution in [-0.4, -0.2) is 111 Å². The fourth-order valence-electron chi connectivity index (χ4n) is 3.96. The second-order valence-electron chi connectivity index (χ2n) is 8.29. The van der Waals surface area contributed by atoms with Gasteiger partial charge in [-0.25, -0.2) is 9.59 Å². The topological polar surface area (TPSA) is 134 Å². The maximum atomic E-state index is 12.6. The molecular formula is C20H26F6N4O7. The number of carbonyl (C=O) groups is 3. The zero-order valence-corrected chi connectivity index (χ0v) is 19.5. The van der Waals surface area contributed by atoms with Crippen LogP contribution in [0.5, 0.6) is 0 Å². The molecule has 0 bridgehead atoms. The van der Waals surface area contributed by atoms with Gasteiger partial charge in [0, 0.05) is 57.4 Å². The van der Waals surface area contributed by atoms with Crippen molar-refractivity contribution in [2.75, 3.05) is 32.8 Å². The minimum absolute atomic E-state index is 0.143. The minimum Gasteiger partial charge on any atom is -0.475 e. The standard InChI is InChI=1S/C16H24N4O3.2C2HF3O2/c1-18-10-12(9-17-18)11-20-3-2-14-13(20)8-15(23-14)16(21)19-4-6-22-7-5-19;2*3-2(4,5)1(6)7/h9-10,13-15H,2-8,11H2,1H3;2*(H,6,7)/t13-,14-,15+;;/m0../s1. The van der Waals surface area contributed by atoms with Gasteiger partial charge in [0.1, 0.15) is 6.10 Å². The third kappa shape index (κ3) is 9.15. The molecule has 1 aromatic heterocycles. The molecule has 3 aliphatic heterocycles. The number of aliphatic carboxylic acids is 2. The van der Waals surface area contributed by atoms with Crippen molar-refractivity contribution in [1.82, 2.24) is 19.6 Å². The Morgan fingerprint density at radius 2 is 1.57 bits per heavy atom. The molecule has 0 aliphatic carbocycles. The van der Waals surface area contributed by atoms with Crippen molar-refractivity contribution in [2.24, 2.45) is 7.05 Å². The fraction of sp³-hybridized carbons (Fsp3) is 0.700. The van der Waals surface area contributed by atoms with E-state index < -0.39 is 24.3 Å². The summed E-state index contributed by atoms with van der Waals surface area (Å²) in [6.45, 7) is 4.57. The first-order chi connectivity index (χ1) is 17.1. The van der Waals surface area contributed by atoms with E-state index in [-0.39, 0.29) is 18.1 Å². The Morgan fingerprint density at radius 1 is 1.03 bits per heavy atom. The Hall–Kier alpha value is -2.92. The Balaban J connectivity index is 0.000000286. The highest BCUT2D eigenvalue weighted by molar-refractivity contribution is 5.81. The van der Waals surface area contributed by atoms with E-state index in [0.29, 0.717) is 32.3 Å². The van der Waals surface area contributed by atoms with E-state index in [1.807, 2.05) is 22.8 Å². The van der Waals surface area contributed by atoms with Gasteiger partial charge in [-0.05, 0) is 6.42 Å². The second kappa shape index (κ2) is 12.6. The number of carboxylic acids is 2. The van der Waals surface area contributed by atoms with Crippen molar-refractivity contribution in [3.63, 3.8) is 0 Å². The van der Waals surface area contributed by atoms with Crippen LogP contribution in [0.15, 0.2) is 12.4 Å². The number of hydrogen-bond acceptors (Lipinski definition) is 7. The van der Waals surface area contributed by atoms with E-state index in [1.165, 1.54) is 5.56 Å². The summed E-state index contributed by atoms with van der Waals surface area (Å²) in [5.41, 5.74) is 1.22. The van der Waals surface area contributed by atoms with Crippen LogP contribution >= 0.6 is 0 Å². The lowest BCUT2D eigenvalue weighted by Gasteiger charge is -2.29. The summed E-state index contributed by atoms with van der Waals surface area (Å²) in [6.07, 6.45) is -4.46. The molecule has 0 unspecified atom stereocenters. The predicted octanol–water partition coefficient (Wildman–Crippen LogP) is 1.28. The van der Waals surface area contributed by atoms with Gasteiger partial charge in [-0.2, -0.15) is 31.4 Å². The molecular weight excluding hydrogens is 522 g/mol. The molecule has 3 atom stereocenters. The van der Waals surface area contributed by atoms with Crippen molar-refractivity contribution < 1.29 is 60.4 Å². The van der Waals surface area contributed by atoms with Crippen molar-refractivity contribution >= 4 is 17.8 Å². The maximum Gasteiger partial charge on any atom is 0.490 e. The molecule has 4 heterocycles. The number of amides is 1. The lowest BCUT2D eigenvalue weighted by Crippen LogP contribution is -2.46. The average molecular weight is 548 g/mol. The van der Waals surface area contributed by atoms with Gasteiger partial charge in [-0.1, -0.05) is 0 Å². The summed E-state index contributed by atoms with van der Waals surface area (Å²) in [4.78, 5) is 34.7. The van der Waals surface area contributed by atoms with Crippen LogP contribution in [0.4, 0.5) is 26.3 Å². The molecule has 210 valence electrons. The molecule has 0 radical (unpaired) electrons. The number of carboxylic acid groups (broad SMARTS) is 2. The molecule has 2 N–H and O–H groups in total. The van der Waals surface area contributed by atoms with Crippen molar-refractivity contribution in [1.29, 1.82) is 0 Å². The van der Waals surface area contributed by atoms with E-state index in [1.54, 1.807) is 0 Å². The summed E-state index contributed by atoms with van der Waals surface area (Å²) in [5, 5.41) is 18.5. The Kier molecular flexibility index (Phi) is 10.3. The van der Waals surface area contributed by atoms with Gasteiger partial charge in [0.2, 0.25) is 0 Å². The number of ether oxygens (including phenoxy) is 2. The monoisotopic (exact) mass is 548 g/mol. The zero-order valence-electron chi connectivity index (χ0n) is 19.5. The third-order valence-corrected chi connectivity index (χ3v) is 5.62. The first-order valence-electron chi connectivity index (χ1n) is 10.9. The van der Waals surface area contributed by atoms with Crippen LogP contribution in [0, 0.1) is 0 Å². The number of nitrogens with zero attached hydrogens (tertiary/aromatic N) is 4. The fourth-order valence-corrected chi connectivity index (χ4v) is 3.96. The average Bonchev–Trinajstić information content (AvgIpc) is 3.51. The molecule has 37 heavy (non-hydrogen) atoms. The van der Waals surface area contributed by atoms with Crippen LogP contribution in [0.2, 0.25) is 0 Å². The van der Waals surface area contributed by atoms with E-state index >= 15 is 0 Å². The first-order valence-corrected chi connectivity index (χ1v) is 10.9. The molecule has 3 fully saturated rings. The van der Waals surface area contributed by atoms with Gasteiger partial charge in [-0.15, -0.1) is 0 Å². The van der Waals surface area contributed by atoms with E-state index in [4.69, 9.17) is 29.3 Å². The summed E-state index contributed by atoms with van der Waals surface area (Å²) in [5.74, 6) is -5.37. The molecule has 0 spiro atoms. The third-order valence-electron chi connectivity index (χ3n) is 5.62. The quantitative estimate of drug-likeness (QED) is 0.536. The number of morpholine rings is 1. The second-order valence-corrected chi connectivity index (χ2v) is 8.29. The lowest BCUT2D eigenvalue weighted by molar-refractivity contribution is -0.193. The van der Waals surface area contributed by atoms with Crippen LogP contribution in [0.1, 0.15) is 18.4 Å². The first kappa shape index (κ1) is 30.3. The number of hydrogen-bond donors (Lipinski definition) is 2. The van der Waals surface area contributed by atoms with Gasteiger partial charge >= 0.3 is 24.3 Å². The molecule has 1 amide bonds. The van der Waals surface area contributed by atoms with E-state index in [9.17, 15) is 31.1 Å². The number of aromatic nitrogens is 2. The van der Waals surface area contributed by atoms with Crippen LogP contribution in [0.25, 0.3) is 0 Å². The van der Waals surface area contributed by atoms with Gasteiger partial charge in [0.15, 0.2) is 0 Å². The van der Waals surface area contributed by atoms with Crippen molar-refractivity contribution in [3.8, 4) is 0 Å². The summed E-state index contributed by atoms with van der Waals surface area (Å²) < 4.78 is 76.7. The molecule has 11 nitrogen and oxygen atoms in total. The smallest absolute Gasteiger partial charge is 0.475 e. The minimum atomic E-state index is -5.08. The van der Waals surface area contributed by atoms with E-state index in [0.717, 1.165) is 25.9 Å². The molecule has 3 aliphatic rings. The normalized spacial score (nSPS) is 23.9. The van der Waals surface area contributed by atoms with Crippen molar-refractivity contribution in [3.05, 3.63) is 18.0 Å². The largest absolute Gasteiger partial charge is 0.490 e. The molecule has 3 saturated heterocycles. The number of alkyl halides is 6. The molecule has 4 rings (SSSR count).